The maximum absolute atomic E-state index is 14.5. The van der Waals surface area contributed by atoms with Crippen LogP contribution in [0.5, 0.6) is 5.75 Å². The molecular formula is C28H40FN5O4S. The van der Waals surface area contributed by atoms with Crippen molar-refractivity contribution in [2.75, 3.05) is 23.8 Å². The third-order valence-corrected chi connectivity index (χ3v) is 8.29. The van der Waals surface area contributed by atoms with Crippen LogP contribution in [0.1, 0.15) is 55.7 Å². The Bertz CT molecular complexity index is 1510. The molecule has 9 nitrogen and oxygen atoms in total. The lowest BCUT2D eigenvalue weighted by molar-refractivity contribution is 0.0981. The molecule has 1 atom stereocenters. The zero-order valence-corrected chi connectivity index (χ0v) is 23.5. The van der Waals surface area contributed by atoms with Crippen LogP contribution in [0.3, 0.4) is 0 Å². The molecule has 0 spiro atoms. The van der Waals surface area contributed by atoms with Crippen LogP contribution in [0, 0.1) is 17.7 Å². The monoisotopic (exact) mass is 561 g/mol. The molecule has 3 N–H and O–H groups in total. The fourth-order valence-electron chi connectivity index (χ4n) is 4.47. The Morgan fingerprint density at radius 1 is 1.23 bits per heavy atom. The zero-order valence-electron chi connectivity index (χ0n) is 22.7. The standard InChI is InChI=1S/C28H34FN5O4S.3H2/c1-17(2)16-38-21-14-19(13-20(29)15-21)23-10-9-22(26(31-23)34-12-11-18(3)28(34,4)5)27(35)33-39(36,37)25-8-6-7-24(30)32-25;;;/h6-10,13-15,17-18H,11-12,16H2,1-5H3,(H2,30,32)(H,33,35);3*1H. The summed E-state index contributed by atoms with van der Waals surface area (Å²) < 4.78 is 48.2. The first-order valence-corrected chi connectivity index (χ1v) is 14.3. The van der Waals surface area contributed by atoms with E-state index in [1.54, 1.807) is 12.1 Å². The Labute approximate surface area is 233 Å². The Kier molecular flexibility index (Phi) is 7.83. The van der Waals surface area contributed by atoms with E-state index in [0.29, 0.717) is 36.0 Å². The number of ether oxygens (including phenoxy) is 1. The number of nitrogens with one attached hydrogen (secondary N) is 1. The highest BCUT2D eigenvalue weighted by molar-refractivity contribution is 7.90. The molecule has 1 unspecified atom stereocenters. The number of hydrogen-bond acceptors (Lipinski definition) is 8. The molecule has 11 heteroatoms. The van der Waals surface area contributed by atoms with Crippen molar-refractivity contribution in [1.29, 1.82) is 0 Å². The molecule has 1 fully saturated rings. The fourth-order valence-corrected chi connectivity index (χ4v) is 5.41. The number of nitrogens with two attached hydrogens (primary N) is 1. The molecule has 1 aliphatic heterocycles. The number of aromatic nitrogens is 2. The number of nitrogen functional groups attached to an aromatic ring is 1. The van der Waals surface area contributed by atoms with Gasteiger partial charge in [0.05, 0.1) is 17.9 Å². The molecule has 3 heterocycles. The SMILES string of the molecule is CC(C)COc1cc(F)cc(-c2ccc(C(=O)NS(=O)(=O)c3cccc(N)n3)c(N3CCC(C)C3(C)C)n2)c1.[HH].[HH].[HH]. The number of sulfonamides is 1. The van der Waals surface area contributed by atoms with Gasteiger partial charge < -0.3 is 15.4 Å². The van der Waals surface area contributed by atoms with Crippen molar-refractivity contribution >= 4 is 27.6 Å². The van der Waals surface area contributed by atoms with E-state index < -0.39 is 21.7 Å². The number of pyridine rings is 2. The summed E-state index contributed by atoms with van der Waals surface area (Å²) in [6, 6.07) is 11.6. The number of amides is 1. The molecule has 4 rings (SSSR count). The number of hydrogen-bond donors (Lipinski definition) is 2. The molecule has 3 aromatic rings. The van der Waals surface area contributed by atoms with Gasteiger partial charge in [0.2, 0.25) is 0 Å². The van der Waals surface area contributed by atoms with Gasteiger partial charge in [-0.05, 0) is 68.5 Å². The molecule has 214 valence electrons. The summed E-state index contributed by atoms with van der Waals surface area (Å²) in [5, 5.41) is -0.370. The van der Waals surface area contributed by atoms with Gasteiger partial charge in [0.1, 0.15) is 23.2 Å². The predicted octanol–water partition coefficient (Wildman–Crippen LogP) is 5.38. The smallest absolute Gasteiger partial charge is 0.281 e. The molecule has 2 aromatic heterocycles. The average Bonchev–Trinajstić information content (AvgIpc) is 3.13. The first kappa shape index (κ1) is 28.3. The minimum absolute atomic E-state index is 0. The van der Waals surface area contributed by atoms with Crippen LogP contribution < -0.4 is 20.1 Å². The van der Waals surface area contributed by atoms with E-state index in [1.165, 1.54) is 36.4 Å². The van der Waals surface area contributed by atoms with Gasteiger partial charge in [-0.3, -0.25) is 4.79 Å². The molecule has 39 heavy (non-hydrogen) atoms. The maximum atomic E-state index is 14.5. The van der Waals surface area contributed by atoms with E-state index in [4.69, 9.17) is 15.5 Å². The topological polar surface area (TPSA) is 128 Å². The van der Waals surface area contributed by atoms with Crippen LogP contribution in [0.4, 0.5) is 16.0 Å². The Morgan fingerprint density at radius 2 is 1.97 bits per heavy atom. The number of halogens is 1. The van der Waals surface area contributed by atoms with Crippen LogP contribution >= 0.6 is 0 Å². The van der Waals surface area contributed by atoms with E-state index >= 15 is 0 Å². The van der Waals surface area contributed by atoms with E-state index in [2.05, 4.69) is 16.6 Å². The van der Waals surface area contributed by atoms with Crippen molar-refractivity contribution < 1.29 is 26.6 Å². The van der Waals surface area contributed by atoms with Crippen molar-refractivity contribution in [3.63, 3.8) is 0 Å². The number of carbonyl (C=O) groups excluding carboxylic acids is 1. The van der Waals surface area contributed by atoms with Crippen molar-refractivity contribution in [2.24, 2.45) is 11.8 Å². The van der Waals surface area contributed by atoms with Crippen molar-refractivity contribution in [3.8, 4) is 17.0 Å². The molecular weight excluding hydrogens is 521 g/mol. The highest BCUT2D eigenvalue weighted by Gasteiger charge is 2.41. The second-order valence-electron chi connectivity index (χ2n) is 10.8. The largest absolute Gasteiger partial charge is 0.493 e. The fraction of sp³-hybridized carbons (Fsp3) is 0.393. The predicted molar refractivity (Wildman–Crippen MR) is 155 cm³/mol. The minimum Gasteiger partial charge on any atom is -0.493 e. The lowest BCUT2D eigenvalue weighted by Crippen LogP contribution is -2.43. The van der Waals surface area contributed by atoms with Crippen LogP contribution in [0.15, 0.2) is 53.6 Å². The summed E-state index contributed by atoms with van der Waals surface area (Å²) in [7, 11) is -4.30. The zero-order chi connectivity index (χ0) is 28.5. The van der Waals surface area contributed by atoms with Gasteiger partial charge >= 0.3 is 0 Å². The summed E-state index contributed by atoms with van der Waals surface area (Å²) in [5.41, 5.74) is 6.23. The van der Waals surface area contributed by atoms with E-state index in [-0.39, 0.29) is 38.1 Å². The first-order chi connectivity index (χ1) is 18.3. The summed E-state index contributed by atoms with van der Waals surface area (Å²) >= 11 is 0. The second-order valence-corrected chi connectivity index (χ2v) is 12.4. The van der Waals surface area contributed by atoms with Gasteiger partial charge in [-0.15, -0.1) is 0 Å². The number of benzene rings is 1. The van der Waals surface area contributed by atoms with Gasteiger partial charge in [-0.2, -0.15) is 8.42 Å². The average molecular weight is 562 g/mol. The number of rotatable bonds is 8. The third-order valence-electron chi connectivity index (χ3n) is 7.06. The van der Waals surface area contributed by atoms with E-state index in [9.17, 15) is 17.6 Å². The van der Waals surface area contributed by atoms with Crippen LogP contribution in [0.25, 0.3) is 11.3 Å². The molecule has 0 radical (unpaired) electrons. The van der Waals surface area contributed by atoms with Crippen molar-refractivity contribution in [2.45, 2.75) is 51.6 Å². The third kappa shape index (κ3) is 6.13. The number of nitrogens with zero attached hydrogens (tertiary/aromatic N) is 3. The van der Waals surface area contributed by atoms with E-state index in [0.717, 1.165) is 6.42 Å². The lowest BCUT2D eigenvalue weighted by atomic mass is 9.90. The Hall–Kier alpha value is -3.73. The number of carbonyl (C=O) groups is 1. The molecule has 0 bridgehead atoms. The van der Waals surface area contributed by atoms with Gasteiger partial charge in [-0.1, -0.05) is 26.8 Å². The Balaban J connectivity index is 0.00000294. The van der Waals surface area contributed by atoms with Crippen molar-refractivity contribution in [3.05, 3.63) is 59.9 Å². The van der Waals surface area contributed by atoms with E-state index in [1.807, 2.05) is 32.6 Å². The van der Waals surface area contributed by atoms with Gasteiger partial charge in [0.25, 0.3) is 15.9 Å². The summed E-state index contributed by atoms with van der Waals surface area (Å²) in [4.78, 5) is 24.0. The first-order valence-electron chi connectivity index (χ1n) is 12.8. The van der Waals surface area contributed by atoms with Crippen LogP contribution in [-0.4, -0.2) is 43.0 Å². The molecule has 0 saturated carbocycles. The van der Waals surface area contributed by atoms with Crippen molar-refractivity contribution in [1.82, 2.24) is 14.7 Å². The van der Waals surface area contributed by atoms with Crippen LogP contribution in [0.2, 0.25) is 0 Å². The second kappa shape index (κ2) is 10.8. The Morgan fingerprint density at radius 3 is 2.62 bits per heavy atom. The van der Waals surface area contributed by atoms with Crippen LogP contribution in [-0.2, 0) is 10.0 Å². The molecule has 0 aliphatic carbocycles. The van der Waals surface area contributed by atoms with Gasteiger partial charge in [0, 0.05) is 28.0 Å². The molecule has 1 aliphatic rings. The highest BCUT2D eigenvalue weighted by Crippen LogP contribution is 2.39. The quantitative estimate of drug-likeness (QED) is 0.375. The summed E-state index contributed by atoms with van der Waals surface area (Å²) in [6.07, 6.45) is 0.860. The summed E-state index contributed by atoms with van der Waals surface area (Å²) in [5.74, 6) is -0.0989. The molecule has 1 aromatic carbocycles. The lowest BCUT2D eigenvalue weighted by Gasteiger charge is -2.36. The normalized spacial score (nSPS) is 16.9. The number of anilines is 2. The van der Waals surface area contributed by atoms with Gasteiger partial charge in [-0.25, -0.2) is 19.1 Å². The molecule has 1 saturated heterocycles. The van der Waals surface area contributed by atoms with Gasteiger partial charge in [0.15, 0.2) is 5.03 Å². The summed E-state index contributed by atoms with van der Waals surface area (Å²) in [6.45, 7) is 11.3. The minimum atomic E-state index is -4.30. The maximum Gasteiger partial charge on any atom is 0.281 e. The molecule has 1 amide bonds. The highest BCUT2D eigenvalue weighted by atomic mass is 32.2.